The van der Waals surface area contributed by atoms with E-state index in [-0.39, 0.29) is 6.03 Å². The van der Waals surface area contributed by atoms with E-state index >= 15 is 0 Å². The minimum Gasteiger partial charge on any atom is -0.385 e. The van der Waals surface area contributed by atoms with Crippen molar-refractivity contribution in [2.45, 2.75) is 31.5 Å². The molecule has 0 radical (unpaired) electrons. The maximum absolute atomic E-state index is 11.4. The minimum atomic E-state index is -0.453. The molecule has 2 aliphatic heterocycles. The number of rotatable bonds is 2. The number of likely N-dealkylation sites (tertiary alicyclic amines) is 1. The van der Waals surface area contributed by atoms with Crippen molar-refractivity contribution >= 4 is 11.9 Å². The van der Waals surface area contributed by atoms with Gasteiger partial charge in [-0.15, -0.1) is 0 Å². The molecule has 2 atom stereocenters. The zero-order valence-corrected chi connectivity index (χ0v) is 11.0. The number of amidine groups is 1. The second-order valence-corrected chi connectivity index (χ2v) is 5.45. The molecule has 3 N–H and O–H groups in total. The Morgan fingerprint density at radius 2 is 2.21 bits per heavy atom. The van der Waals surface area contributed by atoms with E-state index in [0.29, 0.717) is 11.9 Å². The smallest absolute Gasteiger partial charge is 0.343 e. The molecule has 0 aromatic heterocycles. The SMILES string of the molecule is CC1CC2(CN1Cc1ccccc1)NC(=O)N=C2N. The van der Waals surface area contributed by atoms with Gasteiger partial charge in [-0.25, -0.2) is 4.79 Å². The molecular weight excluding hydrogens is 240 g/mol. The molecule has 0 aliphatic carbocycles. The lowest BCUT2D eigenvalue weighted by Gasteiger charge is -2.24. The monoisotopic (exact) mass is 258 g/mol. The first-order chi connectivity index (χ1) is 9.09. The highest BCUT2D eigenvalue weighted by Gasteiger charge is 2.49. The standard InChI is InChI=1S/C14H18N4O/c1-10-7-14(12(15)16-13(19)17-14)9-18(10)8-11-5-3-2-4-6-11/h2-6,10H,7-9H2,1H3,(H3,15,16,17,19). The fourth-order valence-corrected chi connectivity index (χ4v) is 3.02. The Morgan fingerprint density at radius 1 is 1.47 bits per heavy atom. The van der Waals surface area contributed by atoms with E-state index in [4.69, 9.17) is 5.73 Å². The van der Waals surface area contributed by atoms with Gasteiger partial charge in [0.25, 0.3) is 0 Å². The highest BCUT2D eigenvalue weighted by atomic mass is 16.2. The van der Waals surface area contributed by atoms with Crippen molar-refractivity contribution in [1.82, 2.24) is 10.2 Å². The Bertz CT molecular complexity index is 528. The zero-order chi connectivity index (χ0) is 13.5. The molecule has 1 aromatic carbocycles. The van der Waals surface area contributed by atoms with Gasteiger partial charge < -0.3 is 11.1 Å². The predicted octanol–water partition coefficient (Wildman–Crippen LogP) is 1.10. The van der Waals surface area contributed by atoms with Gasteiger partial charge >= 0.3 is 6.03 Å². The summed E-state index contributed by atoms with van der Waals surface area (Å²) in [5.41, 5.74) is 6.74. The van der Waals surface area contributed by atoms with E-state index in [0.717, 1.165) is 19.5 Å². The average Bonchev–Trinajstić information content (AvgIpc) is 2.81. The molecule has 19 heavy (non-hydrogen) atoms. The van der Waals surface area contributed by atoms with Crippen LogP contribution in [-0.2, 0) is 6.54 Å². The van der Waals surface area contributed by atoms with Gasteiger partial charge in [-0.2, -0.15) is 4.99 Å². The third-order valence-electron chi connectivity index (χ3n) is 4.03. The van der Waals surface area contributed by atoms with E-state index in [1.165, 1.54) is 5.56 Å². The lowest BCUT2D eigenvalue weighted by molar-refractivity contribution is 0.241. The second-order valence-electron chi connectivity index (χ2n) is 5.45. The molecule has 100 valence electrons. The predicted molar refractivity (Wildman–Crippen MR) is 73.8 cm³/mol. The van der Waals surface area contributed by atoms with Gasteiger partial charge in [0.15, 0.2) is 0 Å². The van der Waals surface area contributed by atoms with E-state index in [1.807, 2.05) is 18.2 Å². The number of hydrogen-bond acceptors (Lipinski definition) is 3. The molecule has 2 aliphatic rings. The number of benzene rings is 1. The van der Waals surface area contributed by atoms with Gasteiger partial charge in [0, 0.05) is 19.1 Å². The summed E-state index contributed by atoms with van der Waals surface area (Å²) in [4.78, 5) is 17.5. The third kappa shape index (κ3) is 2.10. The summed E-state index contributed by atoms with van der Waals surface area (Å²) in [5.74, 6) is 0.430. The summed E-state index contributed by atoms with van der Waals surface area (Å²) < 4.78 is 0. The number of amides is 2. The fraction of sp³-hybridized carbons (Fsp3) is 0.429. The van der Waals surface area contributed by atoms with E-state index < -0.39 is 5.54 Å². The quantitative estimate of drug-likeness (QED) is 0.834. The van der Waals surface area contributed by atoms with Crippen LogP contribution in [0.3, 0.4) is 0 Å². The van der Waals surface area contributed by atoms with Gasteiger partial charge in [-0.05, 0) is 18.9 Å². The maximum atomic E-state index is 11.4. The summed E-state index contributed by atoms with van der Waals surface area (Å²) in [6.45, 7) is 3.76. The summed E-state index contributed by atoms with van der Waals surface area (Å²) >= 11 is 0. The third-order valence-corrected chi connectivity index (χ3v) is 4.03. The molecular formula is C14H18N4O. The number of nitrogens with one attached hydrogen (secondary N) is 1. The van der Waals surface area contributed by atoms with Crippen LogP contribution in [0.5, 0.6) is 0 Å². The summed E-state index contributed by atoms with van der Waals surface area (Å²) in [5, 5.41) is 2.92. The first-order valence-corrected chi connectivity index (χ1v) is 6.54. The summed E-state index contributed by atoms with van der Waals surface area (Å²) in [6, 6.07) is 10.4. The summed E-state index contributed by atoms with van der Waals surface area (Å²) in [6.07, 6.45) is 0.820. The maximum Gasteiger partial charge on any atom is 0.343 e. The van der Waals surface area contributed by atoms with Crippen LogP contribution in [0.15, 0.2) is 35.3 Å². The molecule has 3 rings (SSSR count). The minimum absolute atomic E-state index is 0.314. The fourth-order valence-electron chi connectivity index (χ4n) is 3.02. The van der Waals surface area contributed by atoms with E-state index in [9.17, 15) is 4.79 Å². The number of carbonyl (C=O) groups excluding carboxylic acids is 1. The second kappa shape index (κ2) is 4.35. The van der Waals surface area contributed by atoms with Gasteiger partial charge in [-0.3, -0.25) is 4.90 Å². The number of carbonyl (C=O) groups is 1. The molecule has 2 heterocycles. The van der Waals surface area contributed by atoms with Crippen LogP contribution < -0.4 is 11.1 Å². The van der Waals surface area contributed by atoms with Crippen molar-refractivity contribution in [2.75, 3.05) is 6.54 Å². The molecule has 1 spiro atoms. The Hall–Kier alpha value is -1.88. The number of aliphatic imine (C=N–C) groups is 1. The van der Waals surface area contributed by atoms with Crippen LogP contribution in [0.25, 0.3) is 0 Å². The first kappa shape index (κ1) is 12.2. The lowest BCUT2D eigenvalue weighted by atomic mass is 9.96. The Morgan fingerprint density at radius 3 is 2.84 bits per heavy atom. The van der Waals surface area contributed by atoms with Crippen LogP contribution in [-0.4, -0.2) is 34.9 Å². The first-order valence-electron chi connectivity index (χ1n) is 6.54. The number of hydrogen-bond donors (Lipinski definition) is 2. The molecule has 5 nitrogen and oxygen atoms in total. The van der Waals surface area contributed by atoms with Crippen molar-refractivity contribution in [3.8, 4) is 0 Å². The van der Waals surface area contributed by atoms with Crippen molar-refractivity contribution in [3.05, 3.63) is 35.9 Å². The highest BCUT2D eigenvalue weighted by molar-refractivity contribution is 6.06. The van der Waals surface area contributed by atoms with Crippen LogP contribution in [0.4, 0.5) is 4.79 Å². The molecule has 0 saturated carbocycles. The number of nitrogens with zero attached hydrogens (tertiary/aromatic N) is 2. The Kier molecular flexibility index (Phi) is 2.78. The highest BCUT2D eigenvalue weighted by Crippen LogP contribution is 2.31. The van der Waals surface area contributed by atoms with Crippen molar-refractivity contribution in [2.24, 2.45) is 10.7 Å². The van der Waals surface area contributed by atoms with Crippen LogP contribution in [0.1, 0.15) is 18.9 Å². The van der Waals surface area contributed by atoms with Gasteiger partial charge in [0.05, 0.1) is 0 Å². The largest absolute Gasteiger partial charge is 0.385 e. The molecule has 1 fully saturated rings. The zero-order valence-electron chi connectivity index (χ0n) is 11.0. The normalized spacial score (nSPS) is 30.7. The van der Waals surface area contributed by atoms with E-state index in [1.54, 1.807) is 0 Å². The van der Waals surface area contributed by atoms with Gasteiger partial charge in [0.2, 0.25) is 0 Å². The van der Waals surface area contributed by atoms with Crippen LogP contribution in [0.2, 0.25) is 0 Å². The van der Waals surface area contributed by atoms with Crippen LogP contribution >= 0.6 is 0 Å². The molecule has 2 unspecified atom stereocenters. The van der Waals surface area contributed by atoms with Crippen molar-refractivity contribution < 1.29 is 4.79 Å². The Balaban J connectivity index is 1.76. The molecule has 0 bridgehead atoms. The van der Waals surface area contributed by atoms with Crippen molar-refractivity contribution in [3.63, 3.8) is 0 Å². The molecule has 1 saturated heterocycles. The molecule has 1 aromatic rings. The summed E-state index contributed by atoms with van der Waals surface area (Å²) in [7, 11) is 0. The van der Waals surface area contributed by atoms with Gasteiger partial charge in [0.1, 0.15) is 11.4 Å². The topological polar surface area (TPSA) is 70.7 Å². The van der Waals surface area contributed by atoms with Crippen LogP contribution in [0, 0.1) is 0 Å². The lowest BCUT2D eigenvalue weighted by Crippen LogP contribution is -2.53. The Labute approximate surface area is 112 Å². The van der Waals surface area contributed by atoms with Crippen molar-refractivity contribution in [1.29, 1.82) is 0 Å². The number of nitrogens with two attached hydrogens (primary N) is 1. The van der Waals surface area contributed by atoms with E-state index in [2.05, 4.69) is 34.3 Å². The molecule has 5 heteroatoms. The molecule has 2 amide bonds. The van der Waals surface area contributed by atoms with Gasteiger partial charge in [-0.1, -0.05) is 30.3 Å². The number of urea groups is 1. The average molecular weight is 258 g/mol.